The first-order valence-corrected chi connectivity index (χ1v) is 11.9. The zero-order valence-electron chi connectivity index (χ0n) is 22.0. The molecular formula is C27H25F4N3O7. The highest BCUT2D eigenvalue weighted by Gasteiger charge is 2.25. The summed E-state index contributed by atoms with van der Waals surface area (Å²) in [5.74, 6) is -8.41. The number of anilines is 1. The summed E-state index contributed by atoms with van der Waals surface area (Å²) >= 11 is 0. The number of carboxylic acids is 1. The van der Waals surface area contributed by atoms with Crippen LogP contribution >= 0.6 is 0 Å². The minimum atomic E-state index is -1.44. The number of ether oxygens (including phenoxy) is 2. The molecule has 41 heavy (non-hydrogen) atoms. The van der Waals surface area contributed by atoms with Crippen molar-refractivity contribution in [2.24, 2.45) is 0 Å². The van der Waals surface area contributed by atoms with Crippen LogP contribution in [0.2, 0.25) is 0 Å². The van der Waals surface area contributed by atoms with Gasteiger partial charge in [0.25, 0.3) is 5.56 Å². The second kappa shape index (κ2) is 12.1. The van der Waals surface area contributed by atoms with E-state index in [9.17, 15) is 33.1 Å². The fraction of sp³-hybridized carbons (Fsp3) is 0.259. The van der Waals surface area contributed by atoms with Gasteiger partial charge in [0.15, 0.2) is 17.4 Å². The van der Waals surface area contributed by atoms with E-state index in [1.165, 1.54) is 0 Å². The van der Waals surface area contributed by atoms with Crippen LogP contribution in [-0.4, -0.2) is 45.8 Å². The van der Waals surface area contributed by atoms with Gasteiger partial charge < -0.3 is 25.6 Å². The van der Waals surface area contributed by atoms with Crippen LogP contribution < -0.4 is 21.3 Å². The van der Waals surface area contributed by atoms with E-state index in [-0.39, 0.29) is 6.42 Å². The second-order valence-electron chi connectivity index (χ2n) is 9.67. The molecule has 0 spiro atoms. The summed E-state index contributed by atoms with van der Waals surface area (Å²) in [6, 6.07) is 3.81. The number of nitrogens with zero attached hydrogens (tertiary/aromatic N) is 1. The molecule has 3 aromatic rings. The Labute approximate surface area is 230 Å². The number of pyridine rings is 1. The first-order chi connectivity index (χ1) is 19.1. The van der Waals surface area contributed by atoms with E-state index in [1.54, 1.807) is 20.8 Å². The van der Waals surface area contributed by atoms with E-state index in [2.05, 4.69) is 5.32 Å². The van der Waals surface area contributed by atoms with E-state index in [1.807, 2.05) is 0 Å². The van der Waals surface area contributed by atoms with Gasteiger partial charge in [-0.05, 0) is 39.0 Å². The Morgan fingerprint density at radius 3 is 2.15 bits per heavy atom. The molecule has 0 radical (unpaired) electrons. The van der Waals surface area contributed by atoms with Crippen LogP contribution in [0, 0.1) is 23.3 Å². The van der Waals surface area contributed by atoms with Crippen LogP contribution in [0.1, 0.15) is 43.1 Å². The normalized spacial score (nSPS) is 12.0. The highest BCUT2D eigenvalue weighted by atomic mass is 19.1. The Balaban J connectivity index is 1.84. The Morgan fingerprint density at radius 2 is 1.59 bits per heavy atom. The summed E-state index contributed by atoms with van der Waals surface area (Å²) < 4.78 is 68.2. The number of benzene rings is 2. The maximum atomic E-state index is 15.1. The number of carboxylic acid groups (broad SMARTS) is 1. The van der Waals surface area contributed by atoms with Crippen molar-refractivity contribution in [2.45, 2.75) is 38.8 Å². The Morgan fingerprint density at radius 1 is 0.976 bits per heavy atom. The van der Waals surface area contributed by atoms with Crippen molar-refractivity contribution >= 4 is 23.7 Å². The number of nitrogens with two attached hydrogens (primary N) is 1. The van der Waals surface area contributed by atoms with Gasteiger partial charge in [0.2, 0.25) is 0 Å². The number of ketones is 1. The van der Waals surface area contributed by atoms with Gasteiger partial charge in [-0.1, -0.05) is 0 Å². The average Bonchev–Trinajstić information content (AvgIpc) is 2.83. The average molecular weight is 580 g/mol. The van der Waals surface area contributed by atoms with Gasteiger partial charge in [0, 0.05) is 30.7 Å². The van der Waals surface area contributed by atoms with Crippen LogP contribution in [0.15, 0.2) is 47.3 Å². The molecule has 1 atom stereocenters. The number of amides is 1. The first-order valence-electron chi connectivity index (χ1n) is 11.9. The molecular weight excluding hydrogens is 554 g/mol. The first kappa shape index (κ1) is 30.7. The molecule has 0 aliphatic heterocycles. The van der Waals surface area contributed by atoms with E-state index in [4.69, 9.17) is 15.2 Å². The lowest BCUT2D eigenvalue weighted by Gasteiger charge is -2.22. The Kier molecular flexibility index (Phi) is 9.05. The van der Waals surface area contributed by atoms with Crippen LogP contribution in [0.4, 0.5) is 28.2 Å². The number of hydrogen-bond acceptors (Lipinski definition) is 7. The molecule has 14 heteroatoms. The van der Waals surface area contributed by atoms with Crippen LogP contribution in [0.25, 0.3) is 5.69 Å². The number of aromatic nitrogens is 1. The highest BCUT2D eigenvalue weighted by Crippen LogP contribution is 2.27. The fourth-order valence-corrected chi connectivity index (χ4v) is 3.64. The number of halogens is 4. The molecule has 0 bridgehead atoms. The topological polar surface area (TPSA) is 150 Å². The molecule has 0 aliphatic carbocycles. The minimum absolute atomic E-state index is 0.309. The Hall–Kier alpha value is -4.88. The number of nitrogens with one attached hydrogen (secondary N) is 1. The van der Waals surface area contributed by atoms with E-state index in [0.29, 0.717) is 22.8 Å². The molecule has 1 aromatic heterocycles. The molecule has 0 fully saturated rings. The number of hydrogen-bond donors (Lipinski definition) is 3. The maximum absolute atomic E-state index is 15.1. The lowest BCUT2D eigenvalue weighted by atomic mass is 10.0. The standard InChI is InChI=1S/C27H25F4N3O7/c1-27(2,3)41-26(39)33-20(25(37)38)8-9-40-14-11-18(30)22(19(31)12-14)34-21(35)7-6-16(24(34)32)23(36)15-5-4-13(28)10-17(15)29/h4-7,10-12,20H,8-9,32H2,1-3H3,(H,33,39)(H,37,38). The van der Waals surface area contributed by atoms with Crippen molar-refractivity contribution in [3.8, 4) is 11.4 Å². The maximum Gasteiger partial charge on any atom is 0.408 e. The smallest absolute Gasteiger partial charge is 0.408 e. The third-order valence-electron chi connectivity index (χ3n) is 5.43. The number of aliphatic carboxylic acids is 1. The summed E-state index contributed by atoms with van der Waals surface area (Å²) in [6.45, 7) is 4.35. The van der Waals surface area contributed by atoms with Crippen molar-refractivity contribution in [1.29, 1.82) is 0 Å². The van der Waals surface area contributed by atoms with Crippen molar-refractivity contribution in [3.63, 3.8) is 0 Å². The SMILES string of the molecule is CC(C)(C)OC(=O)NC(CCOc1cc(F)c(-n2c(N)c(C(=O)c3ccc(F)cc3F)ccc2=O)c(F)c1)C(=O)O. The third kappa shape index (κ3) is 7.41. The molecule has 4 N–H and O–H groups in total. The predicted octanol–water partition coefficient (Wildman–Crippen LogP) is 3.95. The summed E-state index contributed by atoms with van der Waals surface area (Å²) in [4.78, 5) is 48.7. The van der Waals surface area contributed by atoms with Gasteiger partial charge in [-0.3, -0.25) is 14.2 Å². The summed E-state index contributed by atoms with van der Waals surface area (Å²) in [6.07, 6.45) is -1.30. The number of carbonyl (C=O) groups is 3. The van der Waals surface area contributed by atoms with Crippen molar-refractivity contribution in [2.75, 3.05) is 12.3 Å². The monoisotopic (exact) mass is 579 g/mol. The lowest BCUT2D eigenvalue weighted by Crippen LogP contribution is -2.44. The molecule has 0 aliphatic rings. The molecule has 1 amide bonds. The van der Waals surface area contributed by atoms with Gasteiger partial charge in [0.05, 0.1) is 17.7 Å². The molecule has 3 rings (SSSR count). The number of carbonyl (C=O) groups excluding carboxylic acids is 2. The minimum Gasteiger partial charge on any atom is -0.493 e. The zero-order valence-corrected chi connectivity index (χ0v) is 22.0. The fourth-order valence-electron chi connectivity index (χ4n) is 3.64. The predicted molar refractivity (Wildman–Crippen MR) is 137 cm³/mol. The number of alkyl carbamates (subject to hydrolysis) is 1. The molecule has 0 saturated carbocycles. The van der Waals surface area contributed by atoms with Crippen molar-refractivity contribution in [1.82, 2.24) is 9.88 Å². The van der Waals surface area contributed by atoms with Gasteiger partial charge in [-0.15, -0.1) is 0 Å². The number of nitrogen functional groups attached to an aromatic ring is 1. The number of rotatable bonds is 9. The van der Waals surface area contributed by atoms with Crippen molar-refractivity contribution < 1.29 is 46.5 Å². The van der Waals surface area contributed by atoms with Crippen LogP contribution in [0.3, 0.4) is 0 Å². The van der Waals surface area contributed by atoms with E-state index >= 15 is 8.78 Å². The largest absolute Gasteiger partial charge is 0.493 e. The molecule has 0 saturated heterocycles. The second-order valence-corrected chi connectivity index (χ2v) is 9.67. The van der Waals surface area contributed by atoms with E-state index in [0.717, 1.165) is 24.3 Å². The zero-order chi connectivity index (χ0) is 30.6. The summed E-state index contributed by atoms with van der Waals surface area (Å²) in [5, 5.41) is 11.5. The van der Waals surface area contributed by atoms with Crippen molar-refractivity contribution in [3.05, 3.63) is 87.2 Å². The van der Waals surface area contributed by atoms with Gasteiger partial charge in [0.1, 0.15) is 40.5 Å². The van der Waals surface area contributed by atoms with Crippen LogP contribution in [-0.2, 0) is 9.53 Å². The molecule has 1 heterocycles. The third-order valence-corrected chi connectivity index (χ3v) is 5.43. The highest BCUT2D eigenvalue weighted by molar-refractivity contribution is 6.11. The quantitative estimate of drug-likeness (QED) is 0.255. The van der Waals surface area contributed by atoms with E-state index < -0.39 is 93.3 Å². The van der Waals surface area contributed by atoms with Gasteiger partial charge in [-0.25, -0.2) is 27.2 Å². The van der Waals surface area contributed by atoms with Gasteiger partial charge in [-0.2, -0.15) is 0 Å². The van der Waals surface area contributed by atoms with Gasteiger partial charge >= 0.3 is 12.1 Å². The summed E-state index contributed by atoms with van der Waals surface area (Å²) in [7, 11) is 0. The Bertz CT molecular complexity index is 1540. The molecule has 2 aromatic carbocycles. The lowest BCUT2D eigenvalue weighted by molar-refractivity contribution is -0.139. The molecule has 218 valence electrons. The summed E-state index contributed by atoms with van der Waals surface area (Å²) in [5.41, 5.74) is 1.97. The molecule has 1 unspecified atom stereocenters. The molecule has 10 nitrogen and oxygen atoms in total. The van der Waals surface area contributed by atoms with Crippen LogP contribution in [0.5, 0.6) is 5.75 Å².